The van der Waals surface area contributed by atoms with E-state index in [0.29, 0.717) is 13.1 Å². The number of amides is 1. The average Bonchev–Trinajstić information content (AvgIpc) is 2.61. The molecule has 2 N–H and O–H groups in total. The summed E-state index contributed by atoms with van der Waals surface area (Å²) in [5.74, 6) is 1.60. The molecule has 0 aliphatic carbocycles. The molecular formula is C18H22N2O3. The summed E-state index contributed by atoms with van der Waals surface area (Å²) in [6.45, 7) is 1.43. The number of methoxy groups -OCH3 is 2. The molecule has 5 heteroatoms. The van der Waals surface area contributed by atoms with Gasteiger partial charge in [0.05, 0.1) is 20.8 Å². The Morgan fingerprint density at radius 2 is 1.30 bits per heavy atom. The van der Waals surface area contributed by atoms with E-state index in [1.54, 1.807) is 14.2 Å². The van der Waals surface area contributed by atoms with Crippen molar-refractivity contribution >= 4 is 5.91 Å². The molecule has 0 aliphatic rings. The number of benzene rings is 2. The fourth-order valence-corrected chi connectivity index (χ4v) is 2.07. The van der Waals surface area contributed by atoms with E-state index in [2.05, 4.69) is 10.6 Å². The molecule has 0 aliphatic heterocycles. The van der Waals surface area contributed by atoms with Crippen LogP contribution < -0.4 is 20.1 Å². The fraction of sp³-hybridized carbons (Fsp3) is 0.278. The van der Waals surface area contributed by atoms with Gasteiger partial charge in [0.25, 0.3) is 0 Å². The first-order chi connectivity index (χ1) is 11.2. The fourth-order valence-electron chi connectivity index (χ4n) is 2.07. The van der Waals surface area contributed by atoms with Crippen molar-refractivity contribution in [1.82, 2.24) is 10.6 Å². The third-order valence-electron chi connectivity index (χ3n) is 3.42. The Labute approximate surface area is 136 Å². The summed E-state index contributed by atoms with van der Waals surface area (Å²) in [7, 11) is 3.27. The number of ether oxygens (including phenoxy) is 2. The lowest BCUT2D eigenvalue weighted by Crippen LogP contribution is -2.33. The summed E-state index contributed by atoms with van der Waals surface area (Å²) in [6, 6.07) is 15.4. The van der Waals surface area contributed by atoms with E-state index in [1.165, 1.54) is 0 Å². The van der Waals surface area contributed by atoms with E-state index in [1.807, 2.05) is 48.5 Å². The van der Waals surface area contributed by atoms with Gasteiger partial charge in [0.1, 0.15) is 11.5 Å². The van der Waals surface area contributed by atoms with Gasteiger partial charge in [-0.05, 0) is 35.4 Å². The van der Waals surface area contributed by atoms with E-state index >= 15 is 0 Å². The first-order valence-corrected chi connectivity index (χ1v) is 7.44. The Bertz CT molecular complexity index is 609. The molecule has 2 aromatic rings. The minimum absolute atomic E-state index is 0.0330. The molecule has 0 heterocycles. The van der Waals surface area contributed by atoms with Crippen molar-refractivity contribution in [3.63, 3.8) is 0 Å². The van der Waals surface area contributed by atoms with Gasteiger partial charge < -0.3 is 20.1 Å². The van der Waals surface area contributed by atoms with Gasteiger partial charge >= 0.3 is 0 Å². The summed E-state index contributed by atoms with van der Waals surface area (Å²) >= 11 is 0. The Balaban J connectivity index is 1.67. The van der Waals surface area contributed by atoms with Gasteiger partial charge in [-0.2, -0.15) is 0 Å². The van der Waals surface area contributed by atoms with Crippen LogP contribution in [0.3, 0.4) is 0 Å². The smallest absolute Gasteiger partial charge is 0.234 e. The van der Waals surface area contributed by atoms with Crippen molar-refractivity contribution in [2.24, 2.45) is 0 Å². The van der Waals surface area contributed by atoms with E-state index < -0.39 is 0 Å². The zero-order valence-corrected chi connectivity index (χ0v) is 13.5. The maximum Gasteiger partial charge on any atom is 0.234 e. The molecule has 122 valence electrons. The average molecular weight is 314 g/mol. The lowest BCUT2D eigenvalue weighted by atomic mass is 10.2. The molecule has 0 unspecified atom stereocenters. The van der Waals surface area contributed by atoms with E-state index in [4.69, 9.17) is 9.47 Å². The number of carbonyl (C=O) groups is 1. The summed E-state index contributed by atoms with van der Waals surface area (Å²) in [4.78, 5) is 11.8. The zero-order valence-electron chi connectivity index (χ0n) is 13.5. The third kappa shape index (κ3) is 5.64. The van der Waals surface area contributed by atoms with Crippen LogP contribution in [0.5, 0.6) is 11.5 Å². The van der Waals surface area contributed by atoms with Gasteiger partial charge in [-0.15, -0.1) is 0 Å². The molecule has 2 rings (SSSR count). The van der Waals surface area contributed by atoms with Crippen molar-refractivity contribution in [2.75, 3.05) is 20.8 Å². The predicted octanol–water partition coefficient (Wildman–Crippen LogP) is 2.11. The molecule has 0 aromatic heterocycles. The van der Waals surface area contributed by atoms with Crippen molar-refractivity contribution in [3.05, 3.63) is 59.7 Å². The quantitative estimate of drug-likeness (QED) is 0.783. The molecule has 0 saturated carbocycles. The monoisotopic (exact) mass is 314 g/mol. The number of hydrogen-bond donors (Lipinski definition) is 2. The molecule has 5 nitrogen and oxygen atoms in total. The van der Waals surface area contributed by atoms with Crippen molar-refractivity contribution < 1.29 is 14.3 Å². The van der Waals surface area contributed by atoms with Crippen molar-refractivity contribution in [1.29, 1.82) is 0 Å². The predicted molar refractivity (Wildman–Crippen MR) is 89.5 cm³/mol. The number of rotatable bonds is 8. The lowest BCUT2D eigenvalue weighted by molar-refractivity contribution is -0.120. The van der Waals surface area contributed by atoms with Gasteiger partial charge in [-0.1, -0.05) is 24.3 Å². The standard InChI is InChI=1S/C18H22N2O3/c1-22-16-7-3-14(4-8-16)11-19-13-18(21)20-12-15-5-9-17(23-2)10-6-15/h3-10,19H,11-13H2,1-2H3,(H,20,21). The van der Waals surface area contributed by atoms with Gasteiger partial charge in [0, 0.05) is 13.1 Å². The Morgan fingerprint density at radius 3 is 1.78 bits per heavy atom. The van der Waals surface area contributed by atoms with Gasteiger partial charge in [0.2, 0.25) is 5.91 Å². The minimum Gasteiger partial charge on any atom is -0.497 e. The highest BCUT2D eigenvalue weighted by Crippen LogP contribution is 2.11. The van der Waals surface area contributed by atoms with Crippen LogP contribution >= 0.6 is 0 Å². The van der Waals surface area contributed by atoms with Crippen LogP contribution in [0.1, 0.15) is 11.1 Å². The summed E-state index contributed by atoms with van der Waals surface area (Å²) in [5, 5.41) is 6.00. The second-order valence-electron chi connectivity index (χ2n) is 5.08. The highest BCUT2D eigenvalue weighted by Gasteiger charge is 2.02. The SMILES string of the molecule is COc1ccc(CNCC(=O)NCc2ccc(OC)cc2)cc1. The van der Waals surface area contributed by atoms with Gasteiger partial charge in [-0.25, -0.2) is 0 Å². The molecule has 23 heavy (non-hydrogen) atoms. The number of hydrogen-bond acceptors (Lipinski definition) is 4. The molecule has 0 bridgehead atoms. The van der Waals surface area contributed by atoms with Crippen LogP contribution in [0.4, 0.5) is 0 Å². The normalized spacial score (nSPS) is 10.2. The Hall–Kier alpha value is -2.53. The number of nitrogens with one attached hydrogen (secondary N) is 2. The van der Waals surface area contributed by atoms with Crippen LogP contribution in [-0.2, 0) is 17.9 Å². The first kappa shape index (κ1) is 16.8. The topological polar surface area (TPSA) is 59.6 Å². The van der Waals surface area contributed by atoms with E-state index in [0.717, 1.165) is 22.6 Å². The summed E-state index contributed by atoms with van der Waals surface area (Å²) < 4.78 is 10.2. The highest BCUT2D eigenvalue weighted by atomic mass is 16.5. The molecule has 0 saturated heterocycles. The van der Waals surface area contributed by atoms with Crippen LogP contribution in [0.25, 0.3) is 0 Å². The molecule has 1 amide bonds. The highest BCUT2D eigenvalue weighted by molar-refractivity contribution is 5.77. The number of carbonyl (C=O) groups excluding carboxylic acids is 1. The second kappa shape index (κ2) is 8.80. The Morgan fingerprint density at radius 1 is 0.826 bits per heavy atom. The van der Waals surface area contributed by atoms with Gasteiger partial charge in [-0.3, -0.25) is 4.79 Å². The zero-order chi connectivity index (χ0) is 16.5. The summed E-state index contributed by atoms with van der Waals surface area (Å²) in [5.41, 5.74) is 2.14. The van der Waals surface area contributed by atoms with E-state index in [-0.39, 0.29) is 12.5 Å². The second-order valence-corrected chi connectivity index (χ2v) is 5.08. The summed E-state index contributed by atoms with van der Waals surface area (Å²) in [6.07, 6.45) is 0. The lowest BCUT2D eigenvalue weighted by Gasteiger charge is -2.08. The molecule has 0 radical (unpaired) electrons. The first-order valence-electron chi connectivity index (χ1n) is 7.44. The minimum atomic E-state index is -0.0330. The molecular weight excluding hydrogens is 292 g/mol. The largest absolute Gasteiger partial charge is 0.497 e. The van der Waals surface area contributed by atoms with Crippen LogP contribution in [-0.4, -0.2) is 26.7 Å². The van der Waals surface area contributed by atoms with Crippen LogP contribution in [0, 0.1) is 0 Å². The Kier molecular flexibility index (Phi) is 6.44. The van der Waals surface area contributed by atoms with Crippen molar-refractivity contribution in [2.45, 2.75) is 13.1 Å². The third-order valence-corrected chi connectivity index (χ3v) is 3.42. The maximum absolute atomic E-state index is 11.8. The molecule has 2 aromatic carbocycles. The van der Waals surface area contributed by atoms with Crippen LogP contribution in [0.15, 0.2) is 48.5 Å². The van der Waals surface area contributed by atoms with Gasteiger partial charge in [0.15, 0.2) is 0 Å². The maximum atomic E-state index is 11.8. The molecule has 0 fully saturated rings. The molecule has 0 spiro atoms. The van der Waals surface area contributed by atoms with E-state index in [9.17, 15) is 4.79 Å². The van der Waals surface area contributed by atoms with Crippen LogP contribution in [0.2, 0.25) is 0 Å². The molecule has 0 atom stereocenters. The van der Waals surface area contributed by atoms with Crippen molar-refractivity contribution in [3.8, 4) is 11.5 Å².